The Morgan fingerprint density at radius 1 is 1.50 bits per heavy atom. The molecular formula is C11H18N2O. The molecule has 1 N–H and O–H groups in total. The number of nitrogens with one attached hydrogen (secondary N) is 1. The SMILES string of the molecule is COCc1nc2c([nH]1)CCC(C)C2C. The maximum Gasteiger partial charge on any atom is 0.132 e. The number of fused-ring (bicyclic) bond motifs is 1. The van der Waals surface area contributed by atoms with E-state index in [2.05, 4.69) is 23.8 Å². The summed E-state index contributed by atoms with van der Waals surface area (Å²) in [7, 11) is 1.70. The molecule has 1 aliphatic carbocycles. The van der Waals surface area contributed by atoms with Gasteiger partial charge in [0.05, 0.1) is 5.69 Å². The van der Waals surface area contributed by atoms with Gasteiger partial charge in [0.15, 0.2) is 0 Å². The van der Waals surface area contributed by atoms with E-state index in [9.17, 15) is 0 Å². The number of imidazole rings is 1. The molecule has 1 aliphatic rings. The summed E-state index contributed by atoms with van der Waals surface area (Å²) in [6.45, 7) is 5.16. The van der Waals surface area contributed by atoms with Crippen LogP contribution in [0, 0.1) is 5.92 Å². The minimum Gasteiger partial charge on any atom is -0.377 e. The summed E-state index contributed by atoms with van der Waals surface area (Å²) < 4.78 is 5.07. The predicted molar refractivity (Wildman–Crippen MR) is 55.2 cm³/mol. The number of nitrogens with zero attached hydrogens (tertiary/aromatic N) is 1. The molecule has 2 rings (SSSR count). The lowest BCUT2D eigenvalue weighted by Crippen LogP contribution is -2.15. The average Bonchev–Trinajstić information content (AvgIpc) is 2.56. The first-order valence-corrected chi connectivity index (χ1v) is 5.29. The Balaban J connectivity index is 2.27. The Kier molecular flexibility index (Phi) is 2.59. The van der Waals surface area contributed by atoms with Crippen LogP contribution in [0.2, 0.25) is 0 Å². The largest absolute Gasteiger partial charge is 0.377 e. The van der Waals surface area contributed by atoms with Gasteiger partial charge in [0.25, 0.3) is 0 Å². The topological polar surface area (TPSA) is 37.9 Å². The molecule has 0 aliphatic heterocycles. The number of H-pyrrole nitrogens is 1. The van der Waals surface area contributed by atoms with Crippen molar-refractivity contribution in [3.63, 3.8) is 0 Å². The molecule has 0 spiro atoms. The molecular weight excluding hydrogens is 176 g/mol. The lowest BCUT2D eigenvalue weighted by Gasteiger charge is -2.24. The van der Waals surface area contributed by atoms with Gasteiger partial charge in [0, 0.05) is 18.7 Å². The van der Waals surface area contributed by atoms with Crippen LogP contribution in [0.4, 0.5) is 0 Å². The van der Waals surface area contributed by atoms with Crippen LogP contribution < -0.4 is 0 Å². The highest BCUT2D eigenvalue weighted by molar-refractivity contribution is 5.22. The van der Waals surface area contributed by atoms with E-state index in [-0.39, 0.29) is 0 Å². The Bertz CT molecular complexity index is 319. The number of aromatic nitrogens is 2. The molecule has 0 saturated carbocycles. The number of hydrogen-bond acceptors (Lipinski definition) is 2. The zero-order valence-electron chi connectivity index (χ0n) is 9.13. The number of methoxy groups -OCH3 is 1. The Hall–Kier alpha value is -0.830. The predicted octanol–water partition coefficient (Wildman–Crippen LogP) is 2.24. The van der Waals surface area contributed by atoms with Gasteiger partial charge in [-0.1, -0.05) is 13.8 Å². The van der Waals surface area contributed by atoms with Crippen molar-refractivity contribution >= 4 is 0 Å². The third-order valence-electron chi connectivity index (χ3n) is 3.28. The van der Waals surface area contributed by atoms with E-state index < -0.39 is 0 Å². The molecule has 1 aromatic rings. The van der Waals surface area contributed by atoms with Gasteiger partial charge in [-0.3, -0.25) is 0 Å². The first-order valence-electron chi connectivity index (χ1n) is 5.29. The van der Waals surface area contributed by atoms with Gasteiger partial charge in [-0.2, -0.15) is 0 Å². The van der Waals surface area contributed by atoms with Crippen molar-refractivity contribution in [2.24, 2.45) is 5.92 Å². The third-order valence-corrected chi connectivity index (χ3v) is 3.28. The molecule has 0 radical (unpaired) electrons. The number of hydrogen-bond donors (Lipinski definition) is 1. The molecule has 2 unspecified atom stereocenters. The quantitative estimate of drug-likeness (QED) is 0.784. The van der Waals surface area contributed by atoms with Crippen molar-refractivity contribution in [3.8, 4) is 0 Å². The number of aromatic amines is 1. The minimum absolute atomic E-state index is 0.584. The third kappa shape index (κ3) is 1.57. The van der Waals surface area contributed by atoms with Crippen LogP contribution in [0.5, 0.6) is 0 Å². The van der Waals surface area contributed by atoms with Gasteiger partial charge in [-0.25, -0.2) is 4.98 Å². The van der Waals surface area contributed by atoms with Crippen LogP contribution in [0.3, 0.4) is 0 Å². The highest BCUT2D eigenvalue weighted by Gasteiger charge is 2.26. The molecule has 3 heteroatoms. The smallest absolute Gasteiger partial charge is 0.132 e. The molecule has 0 saturated heterocycles. The fourth-order valence-corrected chi connectivity index (χ4v) is 2.14. The van der Waals surface area contributed by atoms with Crippen molar-refractivity contribution in [2.45, 2.75) is 39.2 Å². The summed E-state index contributed by atoms with van der Waals surface area (Å²) in [5.74, 6) is 2.31. The lowest BCUT2D eigenvalue weighted by molar-refractivity contribution is 0.178. The molecule has 0 aromatic carbocycles. The molecule has 14 heavy (non-hydrogen) atoms. The fourth-order valence-electron chi connectivity index (χ4n) is 2.14. The second kappa shape index (κ2) is 3.73. The van der Waals surface area contributed by atoms with Crippen LogP contribution in [-0.4, -0.2) is 17.1 Å². The van der Waals surface area contributed by atoms with E-state index in [0.717, 1.165) is 18.2 Å². The van der Waals surface area contributed by atoms with E-state index in [1.54, 1.807) is 7.11 Å². The zero-order chi connectivity index (χ0) is 10.1. The standard InChI is InChI=1S/C11H18N2O/c1-7-4-5-9-11(8(7)2)13-10(12-9)6-14-3/h7-8H,4-6H2,1-3H3,(H,12,13). The minimum atomic E-state index is 0.584. The van der Waals surface area contributed by atoms with E-state index in [1.807, 2.05) is 0 Å². The van der Waals surface area contributed by atoms with Gasteiger partial charge < -0.3 is 9.72 Å². The molecule has 1 heterocycles. The van der Waals surface area contributed by atoms with E-state index in [0.29, 0.717) is 12.5 Å². The van der Waals surface area contributed by atoms with Crippen molar-refractivity contribution < 1.29 is 4.74 Å². The summed E-state index contributed by atoms with van der Waals surface area (Å²) in [6, 6.07) is 0. The molecule has 0 amide bonds. The summed E-state index contributed by atoms with van der Waals surface area (Å²) in [4.78, 5) is 7.94. The molecule has 3 nitrogen and oxygen atoms in total. The van der Waals surface area contributed by atoms with Crippen LogP contribution in [0.1, 0.15) is 43.4 Å². The van der Waals surface area contributed by atoms with Gasteiger partial charge in [0.2, 0.25) is 0 Å². The van der Waals surface area contributed by atoms with E-state index in [4.69, 9.17) is 4.74 Å². The highest BCUT2D eigenvalue weighted by atomic mass is 16.5. The molecule has 2 atom stereocenters. The van der Waals surface area contributed by atoms with Gasteiger partial charge >= 0.3 is 0 Å². The molecule has 1 aromatic heterocycles. The second-order valence-corrected chi connectivity index (χ2v) is 4.28. The maximum absolute atomic E-state index is 5.07. The number of rotatable bonds is 2. The first kappa shape index (κ1) is 9.71. The van der Waals surface area contributed by atoms with Crippen molar-refractivity contribution in [3.05, 3.63) is 17.2 Å². The normalized spacial score (nSPS) is 26.2. The maximum atomic E-state index is 5.07. The van der Waals surface area contributed by atoms with Gasteiger partial charge in [-0.15, -0.1) is 0 Å². The highest BCUT2D eigenvalue weighted by Crippen LogP contribution is 2.33. The van der Waals surface area contributed by atoms with E-state index in [1.165, 1.54) is 17.8 Å². The number of aryl methyl sites for hydroxylation is 1. The van der Waals surface area contributed by atoms with E-state index >= 15 is 0 Å². The summed E-state index contributed by atoms with van der Waals surface area (Å²) in [5.41, 5.74) is 2.58. The Labute approximate surface area is 84.9 Å². The Morgan fingerprint density at radius 2 is 2.29 bits per heavy atom. The second-order valence-electron chi connectivity index (χ2n) is 4.28. The van der Waals surface area contributed by atoms with Crippen LogP contribution in [-0.2, 0) is 17.8 Å². The lowest BCUT2D eigenvalue weighted by atomic mass is 9.82. The van der Waals surface area contributed by atoms with Crippen molar-refractivity contribution in [1.82, 2.24) is 9.97 Å². The zero-order valence-corrected chi connectivity index (χ0v) is 9.13. The van der Waals surface area contributed by atoms with Gasteiger partial charge in [-0.05, 0) is 18.8 Å². The van der Waals surface area contributed by atoms with Gasteiger partial charge in [0.1, 0.15) is 12.4 Å². The first-order chi connectivity index (χ1) is 6.72. The number of ether oxygens (including phenoxy) is 1. The summed E-state index contributed by atoms with van der Waals surface area (Å²) in [5, 5.41) is 0. The van der Waals surface area contributed by atoms with Crippen molar-refractivity contribution in [2.75, 3.05) is 7.11 Å². The summed E-state index contributed by atoms with van der Waals surface area (Å²) >= 11 is 0. The molecule has 0 bridgehead atoms. The molecule has 0 fully saturated rings. The summed E-state index contributed by atoms with van der Waals surface area (Å²) in [6.07, 6.45) is 2.40. The molecule has 78 valence electrons. The van der Waals surface area contributed by atoms with Crippen LogP contribution >= 0.6 is 0 Å². The van der Waals surface area contributed by atoms with Crippen molar-refractivity contribution in [1.29, 1.82) is 0 Å². The van der Waals surface area contributed by atoms with Crippen LogP contribution in [0.25, 0.3) is 0 Å². The monoisotopic (exact) mass is 194 g/mol. The fraction of sp³-hybridized carbons (Fsp3) is 0.727. The van der Waals surface area contributed by atoms with Crippen LogP contribution in [0.15, 0.2) is 0 Å². The average molecular weight is 194 g/mol. The Morgan fingerprint density at radius 3 is 3.00 bits per heavy atom.